The second-order valence-electron chi connectivity index (χ2n) is 2.31. The van der Waals surface area contributed by atoms with Crippen LogP contribution in [0.3, 0.4) is 0 Å². The van der Waals surface area contributed by atoms with Crippen molar-refractivity contribution in [3.05, 3.63) is 24.5 Å². The van der Waals surface area contributed by atoms with Crippen LogP contribution < -0.4 is 0 Å². The Morgan fingerprint density at radius 2 is 2.38 bits per heavy atom. The lowest BCUT2D eigenvalue weighted by Gasteiger charge is -1.96. The maximum absolute atomic E-state index is 7.94. The first-order chi connectivity index (χ1) is 6.40. The topological polar surface area (TPSA) is 67.4 Å². The average molecular weight is 198 g/mol. The van der Waals surface area contributed by atoms with Gasteiger partial charge in [0.25, 0.3) is 0 Å². The minimum absolute atomic E-state index is 0.811. The first-order valence-corrected chi connectivity index (χ1v) is 4.22. The van der Waals surface area contributed by atoms with Crippen LogP contribution in [0.4, 0.5) is 0 Å². The summed E-state index contributed by atoms with van der Waals surface area (Å²) in [6.45, 7) is 0. The van der Waals surface area contributed by atoms with Crippen molar-refractivity contribution in [3.63, 3.8) is 0 Å². The fraction of sp³-hybridized carbons (Fsp3) is 0. The number of aromatic amines is 1. The lowest BCUT2D eigenvalue weighted by Crippen LogP contribution is -1.78. The van der Waals surface area contributed by atoms with E-state index in [4.69, 9.17) is 5.26 Å². The lowest BCUT2D eigenvalue weighted by atomic mass is 10.3. The molecule has 6 heteroatoms. The first kappa shape index (κ1) is 8.52. The number of fused-ring (bicyclic) bond motifs is 1. The van der Waals surface area contributed by atoms with Gasteiger partial charge in [-0.25, -0.2) is 10.2 Å². The number of nitrogens with one attached hydrogen (secondary N) is 1. The minimum atomic E-state index is 0.811. The molecule has 0 saturated carbocycles. The van der Waals surface area contributed by atoms with Gasteiger partial charge < -0.3 is 4.98 Å². The van der Waals surface area contributed by atoms with Crippen molar-refractivity contribution in [2.75, 3.05) is 0 Å². The highest BCUT2D eigenvalue weighted by molar-refractivity contribution is 7.94. The van der Waals surface area contributed by atoms with Crippen molar-refractivity contribution in [2.24, 2.45) is 0 Å². The molecule has 0 unspecified atom stereocenters. The monoisotopic (exact) mass is 198 g/mol. The van der Waals surface area contributed by atoms with Gasteiger partial charge in [-0.05, 0) is 18.2 Å². The maximum atomic E-state index is 7.94. The standard InChI is InChI=1S/C7H6N2O3S/c10-11-12-13-5-1-2-6-7(3-5)9-4-8-6/h1-4,10H,(H,8,9). The molecule has 2 rings (SSSR count). The van der Waals surface area contributed by atoms with Crippen LogP contribution >= 0.6 is 12.0 Å². The Morgan fingerprint density at radius 3 is 3.23 bits per heavy atom. The highest BCUT2D eigenvalue weighted by Crippen LogP contribution is 2.22. The van der Waals surface area contributed by atoms with Crippen LogP contribution in [-0.4, -0.2) is 15.2 Å². The SMILES string of the molecule is OOOSc1ccc2nc[nH]c2c1. The van der Waals surface area contributed by atoms with E-state index in [0.717, 1.165) is 28.0 Å². The molecule has 0 saturated heterocycles. The molecule has 68 valence electrons. The normalized spacial score (nSPS) is 10.8. The van der Waals surface area contributed by atoms with Crippen molar-refractivity contribution in [1.82, 2.24) is 9.97 Å². The summed E-state index contributed by atoms with van der Waals surface area (Å²) in [6.07, 6.45) is 1.61. The highest BCUT2D eigenvalue weighted by atomic mass is 32.2. The van der Waals surface area contributed by atoms with E-state index in [-0.39, 0.29) is 0 Å². The van der Waals surface area contributed by atoms with E-state index in [9.17, 15) is 0 Å². The summed E-state index contributed by atoms with van der Waals surface area (Å²) in [5.41, 5.74) is 1.79. The Kier molecular flexibility index (Phi) is 2.46. The molecule has 1 aromatic heterocycles. The van der Waals surface area contributed by atoms with Gasteiger partial charge >= 0.3 is 0 Å². The van der Waals surface area contributed by atoms with E-state index in [1.54, 1.807) is 6.33 Å². The summed E-state index contributed by atoms with van der Waals surface area (Å²) < 4.78 is 4.28. The third kappa shape index (κ3) is 1.81. The van der Waals surface area contributed by atoms with Crippen LogP contribution in [0, 0.1) is 0 Å². The molecule has 0 fully saturated rings. The lowest BCUT2D eigenvalue weighted by molar-refractivity contribution is -0.432. The largest absolute Gasteiger partial charge is 0.345 e. The summed E-state index contributed by atoms with van der Waals surface area (Å²) >= 11 is 0.919. The number of rotatable bonds is 3. The van der Waals surface area contributed by atoms with Gasteiger partial charge in [-0.3, -0.25) is 0 Å². The predicted molar refractivity (Wildman–Crippen MR) is 46.7 cm³/mol. The summed E-state index contributed by atoms with van der Waals surface area (Å²) in [4.78, 5) is 7.82. The second kappa shape index (κ2) is 3.75. The van der Waals surface area contributed by atoms with Crippen LogP contribution in [0.5, 0.6) is 0 Å². The molecule has 0 radical (unpaired) electrons. The van der Waals surface area contributed by atoms with Crippen molar-refractivity contribution in [3.8, 4) is 0 Å². The van der Waals surface area contributed by atoms with Gasteiger partial charge in [0.15, 0.2) is 0 Å². The quantitative estimate of drug-likeness (QED) is 0.448. The number of benzene rings is 1. The molecule has 1 aromatic carbocycles. The van der Waals surface area contributed by atoms with Gasteiger partial charge in [0.1, 0.15) is 0 Å². The number of nitrogens with zero attached hydrogens (tertiary/aromatic N) is 1. The molecule has 13 heavy (non-hydrogen) atoms. The van der Waals surface area contributed by atoms with E-state index in [0.29, 0.717) is 0 Å². The number of hydrogen-bond donors (Lipinski definition) is 2. The molecular weight excluding hydrogens is 192 g/mol. The van der Waals surface area contributed by atoms with E-state index >= 15 is 0 Å². The Bertz CT molecular complexity index is 403. The number of imidazole rings is 1. The van der Waals surface area contributed by atoms with Gasteiger partial charge in [-0.1, -0.05) is 5.04 Å². The molecule has 5 nitrogen and oxygen atoms in total. The van der Waals surface area contributed by atoms with Crippen molar-refractivity contribution < 1.29 is 14.6 Å². The number of hydrogen-bond acceptors (Lipinski definition) is 5. The number of H-pyrrole nitrogens is 1. The maximum Gasteiger partial charge on any atom is 0.0931 e. The molecule has 0 amide bonds. The van der Waals surface area contributed by atoms with Gasteiger partial charge in [-0.2, -0.15) is 0 Å². The molecule has 2 aromatic rings. The Labute approximate surface area is 77.8 Å². The zero-order valence-corrected chi connectivity index (χ0v) is 7.25. The molecule has 0 bridgehead atoms. The van der Waals surface area contributed by atoms with Crippen molar-refractivity contribution in [1.29, 1.82) is 0 Å². The van der Waals surface area contributed by atoms with E-state index in [1.807, 2.05) is 18.2 Å². The summed E-state index contributed by atoms with van der Waals surface area (Å²) in [5, 5.41) is 11.4. The molecule has 0 spiro atoms. The van der Waals surface area contributed by atoms with Crippen LogP contribution in [0.2, 0.25) is 0 Å². The highest BCUT2D eigenvalue weighted by Gasteiger charge is 1.99. The van der Waals surface area contributed by atoms with Crippen LogP contribution in [0.1, 0.15) is 0 Å². The molecule has 2 N–H and O–H groups in total. The molecule has 1 heterocycles. The molecular formula is C7H6N2O3S. The average Bonchev–Trinajstić information content (AvgIpc) is 2.61. The molecule has 0 aliphatic carbocycles. The Morgan fingerprint density at radius 1 is 1.46 bits per heavy atom. The third-order valence-corrected chi connectivity index (χ3v) is 2.13. The fourth-order valence-corrected chi connectivity index (χ4v) is 1.42. The minimum Gasteiger partial charge on any atom is -0.345 e. The van der Waals surface area contributed by atoms with Crippen molar-refractivity contribution >= 4 is 23.1 Å². The second-order valence-corrected chi connectivity index (χ2v) is 3.08. The van der Waals surface area contributed by atoms with Crippen molar-refractivity contribution in [2.45, 2.75) is 4.90 Å². The first-order valence-electron chi connectivity index (χ1n) is 3.48. The fourth-order valence-electron chi connectivity index (χ4n) is 1.02. The summed E-state index contributed by atoms with van der Waals surface area (Å²) in [7, 11) is 0. The molecule has 0 atom stereocenters. The third-order valence-electron chi connectivity index (χ3n) is 1.55. The van der Waals surface area contributed by atoms with Crippen LogP contribution in [-0.2, 0) is 9.37 Å². The van der Waals surface area contributed by atoms with Gasteiger partial charge in [-0.15, -0.1) is 4.33 Å². The van der Waals surface area contributed by atoms with Gasteiger partial charge in [0.2, 0.25) is 0 Å². The summed E-state index contributed by atoms with van der Waals surface area (Å²) in [6, 6.07) is 5.49. The zero-order chi connectivity index (χ0) is 9.10. The Balaban J connectivity index is 2.26. The predicted octanol–water partition coefficient (Wildman–Crippen LogP) is 1.99. The van der Waals surface area contributed by atoms with Crippen LogP contribution in [0.25, 0.3) is 11.0 Å². The van der Waals surface area contributed by atoms with E-state index < -0.39 is 0 Å². The molecule has 0 aliphatic heterocycles. The zero-order valence-electron chi connectivity index (χ0n) is 6.43. The number of aromatic nitrogens is 2. The molecule has 0 aliphatic rings. The van der Waals surface area contributed by atoms with Gasteiger partial charge in [0, 0.05) is 4.90 Å². The van der Waals surface area contributed by atoms with Gasteiger partial charge in [0.05, 0.1) is 29.4 Å². The van der Waals surface area contributed by atoms with E-state index in [2.05, 4.69) is 19.3 Å². The Hall–Kier alpha value is -1.08. The smallest absolute Gasteiger partial charge is 0.0931 e. The van der Waals surface area contributed by atoms with E-state index in [1.165, 1.54) is 0 Å². The van der Waals surface area contributed by atoms with Crippen LogP contribution in [0.15, 0.2) is 29.4 Å². The summed E-state index contributed by atoms with van der Waals surface area (Å²) in [5.74, 6) is 0.